The first-order valence-corrected chi connectivity index (χ1v) is 9.28. The van der Waals surface area contributed by atoms with Crippen molar-refractivity contribution in [1.29, 1.82) is 0 Å². The van der Waals surface area contributed by atoms with Crippen molar-refractivity contribution in [1.82, 2.24) is 0 Å². The molecule has 0 bridgehead atoms. The molecule has 1 N–H and O–H groups in total. The summed E-state index contributed by atoms with van der Waals surface area (Å²) in [7, 11) is 1.27. The SMILES string of the molecule is CCOc1ccc(C(C)=O)cc1NC(=O)c1cc(C(=O)OC)cc(-c2ccoc2)c1. The maximum atomic E-state index is 13.0. The summed E-state index contributed by atoms with van der Waals surface area (Å²) in [6, 6.07) is 11.3. The van der Waals surface area contributed by atoms with E-state index in [-0.39, 0.29) is 16.9 Å². The van der Waals surface area contributed by atoms with Gasteiger partial charge in [0.15, 0.2) is 5.78 Å². The number of benzene rings is 2. The largest absolute Gasteiger partial charge is 0.492 e. The predicted octanol–water partition coefficient (Wildman–Crippen LogP) is 4.59. The summed E-state index contributed by atoms with van der Waals surface area (Å²) in [5.74, 6) is -0.728. The highest BCUT2D eigenvalue weighted by Crippen LogP contribution is 2.28. The van der Waals surface area contributed by atoms with Gasteiger partial charge in [0.2, 0.25) is 0 Å². The molecular weight excluding hydrogens is 386 g/mol. The van der Waals surface area contributed by atoms with Crippen molar-refractivity contribution in [3.63, 3.8) is 0 Å². The maximum Gasteiger partial charge on any atom is 0.337 e. The predicted molar refractivity (Wildman–Crippen MR) is 111 cm³/mol. The Morgan fingerprint density at radius 1 is 0.967 bits per heavy atom. The van der Waals surface area contributed by atoms with E-state index < -0.39 is 11.9 Å². The highest BCUT2D eigenvalue weighted by molar-refractivity contribution is 6.08. The fourth-order valence-corrected chi connectivity index (χ4v) is 2.91. The zero-order chi connectivity index (χ0) is 21.7. The molecule has 1 amide bonds. The molecule has 0 aliphatic carbocycles. The van der Waals surface area contributed by atoms with Crippen LogP contribution in [0.2, 0.25) is 0 Å². The summed E-state index contributed by atoms with van der Waals surface area (Å²) >= 11 is 0. The lowest BCUT2D eigenvalue weighted by Crippen LogP contribution is -2.15. The maximum absolute atomic E-state index is 13.0. The van der Waals surface area contributed by atoms with Crippen molar-refractivity contribution in [2.75, 3.05) is 19.0 Å². The van der Waals surface area contributed by atoms with Crippen LogP contribution in [0.25, 0.3) is 11.1 Å². The van der Waals surface area contributed by atoms with E-state index in [2.05, 4.69) is 5.32 Å². The fourth-order valence-electron chi connectivity index (χ4n) is 2.91. The number of Topliss-reactive ketones (excluding diaryl/α,β-unsaturated/α-hetero) is 1. The quantitative estimate of drug-likeness (QED) is 0.455. The molecule has 30 heavy (non-hydrogen) atoms. The molecule has 154 valence electrons. The molecule has 2 aromatic carbocycles. The van der Waals surface area contributed by atoms with Gasteiger partial charge < -0.3 is 19.2 Å². The van der Waals surface area contributed by atoms with Crippen LogP contribution >= 0.6 is 0 Å². The van der Waals surface area contributed by atoms with Crippen molar-refractivity contribution >= 4 is 23.3 Å². The summed E-state index contributed by atoms with van der Waals surface area (Å²) in [4.78, 5) is 36.8. The summed E-state index contributed by atoms with van der Waals surface area (Å²) < 4.78 is 15.5. The van der Waals surface area contributed by atoms with Crippen LogP contribution in [0.4, 0.5) is 5.69 Å². The van der Waals surface area contributed by atoms with Crippen LogP contribution in [0.5, 0.6) is 5.75 Å². The van der Waals surface area contributed by atoms with E-state index in [0.717, 1.165) is 0 Å². The summed E-state index contributed by atoms with van der Waals surface area (Å²) in [6.07, 6.45) is 3.02. The second-order valence-electron chi connectivity index (χ2n) is 6.46. The van der Waals surface area contributed by atoms with Gasteiger partial charge in [-0.1, -0.05) is 0 Å². The number of esters is 1. The second-order valence-corrected chi connectivity index (χ2v) is 6.46. The van der Waals surface area contributed by atoms with E-state index >= 15 is 0 Å². The molecule has 0 fully saturated rings. The number of hydrogen-bond acceptors (Lipinski definition) is 6. The number of rotatable bonds is 7. The molecule has 7 heteroatoms. The Kier molecular flexibility index (Phi) is 6.32. The van der Waals surface area contributed by atoms with Crippen LogP contribution in [0.1, 0.15) is 44.9 Å². The standard InChI is InChI=1S/C23H21NO6/c1-4-30-21-6-5-15(14(2)25)12-20(21)24-22(26)18-9-17(16-7-8-29-13-16)10-19(11-18)23(27)28-3/h5-13H,4H2,1-3H3,(H,24,26). The van der Waals surface area contributed by atoms with Crippen LogP contribution in [0.3, 0.4) is 0 Å². The van der Waals surface area contributed by atoms with Gasteiger partial charge in [-0.2, -0.15) is 0 Å². The number of methoxy groups -OCH3 is 1. The number of furan rings is 1. The van der Waals surface area contributed by atoms with E-state index in [1.54, 1.807) is 36.4 Å². The van der Waals surface area contributed by atoms with Crippen LogP contribution in [-0.4, -0.2) is 31.4 Å². The zero-order valence-corrected chi connectivity index (χ0v) is 16.9. The van der Waals surface area contributed by atoms with E-state index in [9.17, 15) is 14.4 Å². The summed E-state index contributed by atoms with van der Waals surface area (Å²) in [6.45, 7) is 3.66. The van der Waals surface area contributed by atoms with E-state index in [0.29, 0.717) is 34.7 Å². The Balaban J connectivity index is 2.01. The molecule has 0 unspecified atom stereocenters. The van der Waals surface area contributed by atoms with Crippen molar-refractivity contribution in [3.8, 4) is 16.9 Å². The van der Waals surface area contributed by atoms with Crippen molar-refractivity contribution in [2.45, 2.75) is 13.8 Å². The van der Waals surface area contributed by atoms with E-state index in [4.69, 9.17) is 13.9 Å². The smallest absolute Gasteiger partial charge is 0.337 e. The molecule has 0 spiro atoms. The Labute approximate surface area is 173 Å². The molecule has 0 aliphatic rings. The average Bonchev–Trinajstić information content (AvgIpc) is 3.29. The monoisotopic (exact) mass is 407 g/mol. The molecule has 0 aliphatic heterocycles. The van der Waals surface area contributed by atoms with Crippen molar-refractivity contribution < 1.29 is 28.3 Å². The van der Waals surface area contributed by atoms with E-state index in [1.807, 2.05) is 6.92 Å². The third-order valence-corrected chi connectivity index (χ3v) is 4.40. The van der Waals surface area contributed by atoms with Crippen molar-refractivity contribution in [3.05, 3.63) is 71.7 Å². The van der Waals surface area contributed by atoms with Gasteiger partial charge in [0, 0.05) is 16.7 Å². The number of amides is 1. The topological polar surface area (TPSA) is 94.8 Å². The van der Waals surface area contributed by atoms with Crippen LogP contribution in [-0.2, 0) is 4.74 Å². The first-order chi connectivity index (χ1) is 14.4. The molecule has 3 aromatic rings. The number of carbonyl (C=O) groups excluding carboxylic acids is 3. The molecular formula is C23H21NO6. The van der Waals surface area contributed by atoms with Crippen molar-refractivity contribution in [2.24, 2.45) is 0 Å². The molecule has 1 heterocycles. The Bertz CT molecular complexity index is 1090. The minimum Gasteiger partial charge on any atom is -0.492 e. The fraction of sp³-hybridized carbons (Fsp3) is 0.174. The van der Waals surface area contributed by atoms with E-state index in [1.165, 1.54) is 32.6 Å². The number of nitrogens with one attached hydrogen (secondary N) is 1. The lowest BCUT2D eigenvalue weighted by atomic mass is 10.0. The highest BCUT2D eigenvalue weighted by atomic mass is 16.5. The number of ether oxygens (including phenoxy) is 2. The minimum absolute atomic E-state index is 0.136. The van der Waals surface area contributed by atoms with Gasteiger partial charge in [-0.05, 0) is 61.9 Å². The van der Waals surface area contributed by atoms with Gasteiger partial charge in [0.05, 0.1) is 37.5 Å². The summed E-state index contributed by atoms with van der Waals surface area (Å²) in [5, 5.41) is 2.77. The van der Waals surface area contributed by atoms with Gasteiger partial charge in [-0.25, -0.2) is 4.79 Å². The van der Waals surface area contributed by atoms with Crippen LogP contribution in [0, 0.1) is 0 Å². The summed E-state index contributed by atoms with van der Waals surface area (Å²) in [5.41, 5.74) is 2.61. The normalized spacial score (nSPS) is 10.4. The van der Waals surface area contributed by atoms with Crippen LogP contribution in [0.15, 0.2) is 59.4 Å². The third-order valence-electron chi connectivity index (χ3n) is 4.40. The lowest BCUT2D eigenvalue weighted by Gasteiger charge is -2.14. The number of hydrogen-bond donors (Lipinski definition) is 1. The Hall–Kier alpha value is -3.87. The second kappa shape index (κ2) is 9.09. The molecule has 0 atom stereocenters. The Morgan fingerprint density at radius 2 is 1.73 bits per heavy atom. The molecule has 1 aromatic heterocycles. The number of anilines is 1. The molecule has 3 rings (SSSR count). The molecule has 7 nitrogen and oxygen atoms in total. The van der Waals surface area contributed by atoms with Gasteiger partial charge in [-0.15, -0.1) is 0 Å². The lowest BCUT2D eigenvalue weighted by molar-refractivity contribution is 0.0600. The average molecular weight is 407 g/mol. The minimum atomic E-state index is -0.567. The first-order valence-electron chi connectivity index (χ1n) is 9.28. The zero-order valence-electron chi connectivity index (χ0n) is 16.9. The van der Waals surface area contributed by atoms with Gasteiger partial charge in [0.1, 0.15) is 5.75 Å². The third kappa shape index (κ3) is 4.57. The van der Waals surface area contributed by atoms with Gasteiger partial charge in [0.25, 0.3) is 5.91 Å². The molecule has 0 radical (unpaired) electrons. The van der Waals surface area contributed by atoms with Gasteiger partial charge in [-0.3, -0.25) is 9.59 Å². The number of carbonyl (C=O) groups is 3. The highest BCUT2D eigenvalue weighted by Gasteiger charge is 2.17. The van der Waals surface area contributed by atoms with Crippen LogP contribution < -0.4 is 10.1 Å². The molecule has 0 saturated carbocycles. The van der Waals surface area contributed by atoms with Gasteiger partial charge >= 0.3 is 5.97 Å². The Morgan fingerprint density at radius 3 is 2.37 bits per heavy atom. The molecule has 0 saturated heterocycles. The number of ketones is 1. The first kappa shape index (κ1) is 20.9.